The molecule has 4 rings (SSSR count). The summed E-state index contributed by atoms with van der Waals surface area (Å²) in [6, 6.07) is 5.44. The molecule has 3 heterocycles. The summed E-state index contributed by atoms with van der Waals surface area (Å²) in [4.78, 5) is 36.3. The molecule has 0 radical (unpaired) electrons. The summed E-state index contributed by atoms with van der Waals surface area (Å²) in [5, 5.41) is 12.2. The highest BCUT2D eigenvalue weighted by molar-refractivity contribution is 5.72. The number of fused-ring (bicyclic) bond motifs is 1. The third-order valence-electron chi connectivity index (χ3n) is 4.59. The van der Waals surface area contributed by atoms with Crippen LogP contribution in [-0.4, -0.2) is 48.7 Å². The van der Waals surface area contributed by atoms with E-state index in [0.717, 1.165) is 0 Å². The van der Waals surface area contributed by atoms with Gasteiger partial charge in [0.1, 0.15) is 11.3 Å². The summed E-state index contributed by atoms with van der Waals surface area (Å²) in [6.07, 6.45) is 1.84. The maximum Gasteiger partial charge on any atom is 0.407 e. The largest absolute Gasteiger partial charge is 0.465 e. The Bertz CT molecular complexity index is 1040. The molecular formula is C17H17FN6O3. The number of hydrogen-bond donors (Lipinski definition) is 3. The fourth-order valence-electron chi connectivity index (χ4n) is 3.32. The average Bonchev–Trinajstić information content (AvgIpc) is 2.99. The summed E-state index contributed by atoms with van der Waals surface area (Å²) in [5.41, 5.74) is 1.12. The van der Waals surface area contributed by atoms with E-state index < -0.39 is 6.09 Å². The van der Waals surface area contributed by atoms with E-state index >= 15 is 0 Å². The number of anilines is 2. The number of hydrogen-bond acceptors (Lipinski definition) is 5. The smallest absolute Gasteiger partial charge is 0.407 e. The van der Waals surface area contributed by atoms with Crippen molar-refractivity contribution in [2.45, 2.75) is 18.9 Å². The molecule has 1 aliphatic heterocycles. The molecule has 0 saturated carbocycles. The van der Waals surface area contributed by atoms with Crippen LogP contribution in [0.2, 0.25) is 0 Å². The molecule has 27 heavy (non-hydrogen) atoms. The molecule has 1 amide bonds. The van der Waals surface area contributed by atoms with E-state index in [0.29, 0.717) is 36.2 Å². The van der Waals surface area contributed by atoms with Crippen LogP contribution in [0, 0.1) is 5.82 Å². The Morgan fingerprint density at radius 2 is 2.11 bits per heavy atom. The van der Waals surface area contributed by atoms with Gasteiger partial charge in [-0.15, -0.1) is 0 Å². The zero-order valence-electron chi connectivity index (χ0n) is 14.2. The van der Waals surface area contributed by atoms with E-state index in [1.807, 2.05) is 0 Å². The minimum absolute atomic E-state index is 0.229. The van der Waals surface area contributed by atoms with Gasteiger partial charge in [0.2, 0.25) is 5.95 Å². The Hall–Kier alpha value is -3.43. The van der Waals surface area contributed by atoms with Crippen LogP contribution in [0.25, 0.3) is 11.2 Å². The second kappa shape index (κ2) is 6.71. The molecule has 1 fully saturated rings. The zero-order chi connectivity index (χ0) is 19.0. The van der Waals surface area contributed by atoms with Crippen molar-refractivity contribution in [1.29, 1.82) is 0 Å². The van der Waals surface area contributed by atoms with Gasteiger partial charge in [0.05, 0.1) is 12.2 Å². The third kappa shape index (κ3) is 3.33. The maximum absolute atomic E-state index is 13.0. The highest BCUT2D eigenvalue weighted by Crippen LogP contribution is 2.24. The van der Waals surface area contributed by atoms with Gasteiger partial charge >= 0.3 is 11.8 Å². The molecule has 1 saturated heterocycles. The molecular weight excluding hydrogens is 355 g/mol. The van der Waals surface area contributed by atoms with Crippen LogP contribution >= 0.6 is 0 Å². The summed E-state index contributed by atoms with van der Waals surface area (Å²) in [7, 11) is 0. The van der Waals surface area contributed by atoms with Crippen molar-refractivity contribution < 1.29 is 14.3 Å². The normalized spacial score (nSPS) is 17.2. The molecule has 1 unspecified atom stereocenters. The summed E-state index contributed by atoms with van der Waals surface area (Å²) < 4.78 is 14.5. The number of likely N-dealkylation sites (tertiary alicyclic amines) is 1. The van der Waals surface area contributed by atoms with Gasteiger partial charge in [0.25, 0.3) is 0 Å². The monoisotopic (exact) mass is 372 g/mol. The number of aromatic nitrogens is 4. The molecule has 0 aliphatic carbocycles. The lowest BCUT2D eigenvalue weighted by molar-refractivity contribution is 0.121. The summed E-state index contributed by atoms with van der Waals surface area (Å²) >= 11 is 0. The second-order valence-electron chi connectivity index (χ2n) is 6.39. The molecule has 10 heteroatoms. The van der Waals surface area contributed by atoms with E-state index in [2.05, 4.69) is 20.3 Å². The second-order valence-corrected chi connectivity index (χ2v) is 6.39. The van der Waals surface area contributed by atoms with E-state index in [4.69, 9.17) is 0 Å². The van der Waals surface area contributed by atoms with Crippen molar-refractivity contribution in [1.82, 2.24) is 24.4 Å². The molecule has 9 nitrogen and oxygen atoms in total. The average molecular weight is 372 g/mol. The van der Waals surface area contributed by atoms with Gasteiger partial charge < -0.3 is 20.3 Å². The number of imidazole rings is 1. The first-order valence-corrected chi connectivity index (χ1v) is 8.49. The van der Waals surface area contributed by atoms with Crippen LogP contribution in [0.4, 0.5) is 20.8 Å². The molecule has 3 aromatic rings. The highest BCUT2D eigenvalue weighted by Gasteiger charge is 2.27. The van der Waals surface area contributed by atoms with Crippen LogP contribution in [-0.2, 0) is 0 Å². The van der Waals surface area contributed by atoms with Gasteiger partial charge in [-0.3, -0.25) is 4.57 Å². The van der Waals surface area contributed by atoms with Crippen LogP contribution in [0.15, 0.2) is 35.3 Å². The Morgan fingerprint density at radius 1 is 1.33 bits per heavy atom. The number of aromatic amines is 1. The standard InChI is InChI=1S/C17H17FN6O3/c18-10-3-5-11(6-4-10)20-15-19-8-13-14(22-15)24(16(25)21-13)12-2-1-7-23(9-12)17(26)27/h3-6,8,12H,1-2,7,9H2,(H,21,25)(H,26,27)(H,19,20,22). The number of nitrogens with one attached hydrogen (secondary N) is 2. The Balaban J connectivity index is 1.68. The van der Waals surface area contributed by atoms with Gasteiger partial charge in [0.15, 0.2) is 5.65 Å². The highest BCUT2D eigenvalue weighted by atomic mass is 19.1. The molecule has 1 aromatic carbocycles. The summed E-state index contributed by atoms with van der Waals surface area (Å²) in [5.74, 6) is -0.0931. The molecule has 1 aliphatic rings. The third-order valence-corrected chi connectivity index (χ3v) is 4.59. The molecule has 140 valence electrons. The fourth-order valence-corrected chi connectivity index (χ4v) is 3.32. The van der Waals surface area contributed by atoms with E-state index in [9.17, 15) is 19.1 Å². The predicted molar refractivity (Wildman–Crippen MR) is 95.7 cm³/mol. The number of amides is 1. The number of benzene rings is 1. The van der Waals surface area contributed by atoms with Gasteiger partial charge in [-0.2, -0.15) is 4.98 Å². The zero-order valence-corrected chi connectivity index (χ0v) is 14.2. The number of halogens is 1. The first-order valence-electron chi connectivity index (χ1n) is 8.49. The Labute approximate surface area is 152 Å². The van der Waals surface area contributed by atoms with Crippen molar-refractivity contribution in [3.8, 4) is 0 Å². The van der Waals surface area contributed by atoms with Crippen molar-refractivity contribution >= 4 is 28.9 Å². The minimum Gasteiger partial charge on any atom is -0.465 e. The lowest BCUT2D eigenvalue weighted by Crippen LogP contribution is -2.41. The number of carbonyl (C=O) groups is 1. The molecule has 3 N–H and O–H groups in total. The van der Waals surface area contributed by atoms with Crippen LogP contribution in [0.3, 0.4) is 0 Å². The minimum atomic E-state index is -0.999. The van der Waals surface area contributed by atoms with E-state index in [-0.39, 0.29) is 30.0 Å². The van der Waals surface area contributed by atoms with Crippen LogP contribution in [0.1, 0.15) is 18.9 Å². The Kier molecular flexibility index (Phi) is 4.22. The van der Waals surface area contributed by atoms with Crippen LogP contribution < -0.4 is 11.0 Å². The molecule has 0 spiro atoms. The first kappa shape index (κ1) is 17.0. The van der Waals surface area contributed by atoms with Gasteiger partial charge in [0, 0.05) is 18.8 Å². The van der Waals surface area contributed by atoms with Gasteiger partial charge in [-0.1, -0.05) is 0 Å². The predicted octanol–water partition coefficient (Wildman–Crippen LogP) is 2.32. The van der Waals surface area contributed by atoms with E-state index in [1.54, 1.807) is 12.1 Å². The molecule has 1 atom stereocenters. The van der Waals surface area contributed by atoms with Gasteiger partial charge in [-0.05, 0) is 37.1 Å². The number of rotatable bonds is 3. The Morgan fingerprint density at radius 3 is 2.85 bits per heavy atom. The molecule has 0 bridgehead atoms. The topological polar surface area (TPSA) is 116 Å². The number of carboxylic acid groups (broad SMARTS) is 1. The van der Waals surface area contributed by atoms with Crippen molar-refractivity contribution in [3.63, 3.8) is 0 Å². The maximum atomic E-state index is 13.0. The number of piperidine rings is 1. The molecule has 2 aromatic heterocycles. The van der Waals surface area contributed by atoms with Crippen molar-refractivity contribution in [3.05, 3.63) is 46.8 Å². The van der Waals surface area contributed by atoms with Gasteiger partial charge in [-0.25, -0.2) is 19.0 Å². The van der Waals surface area contributed by atoms with Crippen molar-refractivity contribution in [2.24, 2.45) is 0 Å². The lowest BCUT2D eigenvalue weighted by Gasteiger charge is -2.31. The SMILES string of the molecule is O=C(O)N1CCCC(n2c(=O)[nH]c3cnc(Nc4ccc(F)cc4)nc32)C1. The number of H-pyrrole nitrogens is 1. The number of nitrogens with zero attached hydrogens (tertiary/aromatic N) is 4. The van der Waals surface area contributed by atoms with E-state index in [1.165, 1.54) is 27.8 Å². The first-order chi connectivity index (χ1) is 13.0. The fraction of sp³-hybridized carbons (Fsp3) is 0.294. The van der Waals surface area contributed by atoms with Crippen molar-refractivity contribution in [2.75, 3.05) is 18.4 Å². The van der Waals surface area contributed by atoms with Crippen LogP contribution in [0.5, 0.6) is 0 Å². The summed E-state index contributed by atoms with van der Waals surface area (Å²) in [6.45, 7) is 0.683. The quantitative estimate of drug-likeness (QED) is 0.650. The lowest BCUT2D eigenvalue weighted by atomic mass is 10.1.